The van der Waals surface area contributed by atoms with Gasteiger partial charge in [0.05, 0.1) is 1.37 Å². The van der Waals surface area contributed by atoms with Crippen LogP contribution >= 0.6 is 0 Å². The predicted octanol–water partition coefficient (Wildman–Crippen LogP) is 2.09. The van der Waals surface area contributed by atoms with Crippen LogP contribution in [0.25, 0.3) is 0 Å². The molecular formula is C9H17N. The SMILES string of the molecule is [2H]C(=C)CNC1CCCCC1. The predicted molar refractivity (Wildman–Crippen MR) is 45.1 cm³/mol. The number of nitrogens with one attached hydrogen (secondary N) is 1. The highest BCUT2D eigenvalue weighted by Crippen LogP contribution is 2.16. The standard InChI is InChI=1S/C9H17N/c1-2-8-10-9-6-4-3-5-7-9/h2,9-10H,1,3-8H2/i2D. The van der Waals surface area contributed by atoms with E-state index in [0.717, 1.165) is 0 Å². The molecule has 1 saturated carbocycles. The smallest absolute Gasteiger partial charge is 0.0583 e. The van der Waals surface area contributed by atoms with E-state index in [9.17, 15) is 0 Å². The molecule has 1 heteroatoms. The summed E-state index contributed by atoms with van der Waals surface area (Å²) in [6.07, 6.45) is 6.66. The summed E-state index contributed by atoms with van der Waals surface area (Å²) in [5, 5.41) is 3.33. The van der Waals surface area contributed by atoms with Crippen molar-refractivity contribution in [1.82, 2.24) is 5.32 Å². The zero-order chi connectivity index (χ0) is 8.10. The molecule has 0 aliphatic heterocycles. The second-order valence-electron chi connectivity index (χ2n) is 2.97. The Bertz CT molecular complexity index is 128. The summed E-state index contributed by atoms with van der Waals surface area (Å²) < 4.78 is 7.14. The molecule has 1 N–H and O–H groups in total. The van der Waals surface area contributed by atoms with Crippen LogP contribution in [0.5, 0.6) is 0 Å². The third-order valence-corrected chi connectivity index (χ3v) is 2.12. The molecule has 58 valence electrons. The zero-order valence-corrected chi connectivity index (χ0v) is 6.53. The summed E-state index contributed by atoms with van der Waals surface area (Å²) in [5.41, 5.74) is 0. The highest BCUT2D eigenvalue weighted by atomic mass is 14.9. The Balaban J connectivity index is 2.09. The fourth-order valence-electron chi connectivity index (χ4n) is 1.52. The Hall–Kier alpha value is -0.300. The van der Waals surface area contributed by atoms with Crippen molar-refractivity contribution in [2.24, 2.45) is 0 Å². The quantitative estimate of drug-likeness (QED) is 0.592. The molecule has 1 aliphatic rings. The minimum Gasteiger partial charge on any atom is -0.311 e. The second-order valence-corrected chi connectivity index (χ2v) is 2.97. The van der Waals surface area contributed by atoms with Gasteiger partial charge in [0, 0.05) is 12.6 Å². The Labute approximate surface area is 64.9 Å². The minimum atomic E-state index is 0.496. The van der Waals surface area contributed by atoms with Gasteiger partial charge in [0.1, 0.15) is 0 Å². The van der Waals surface area contributed by atoms with Crippen LogP contribution in [-0.2, 0) is 0 Å². The molecule has 0 unspecified atom stereocenters. The molecule has 1 rings (SSSR count). The van der Waals surface area contributed by atoms with Crippen LogP contribution < -0.4 is 5.32 Å². The first kappa shape index (κ1) is 6.41. The highest BCUT2D eigenvalue weighted by Gasteiger charge is 2.10. The fourth-order valence-corrected chi connectivity index (χ4v) is 1.52. The van der Waals surface area contributed by atoms with E-state index in [-0.39, 0.29) is 0 Å². The van der Waals surface area contributed by atoms with Gasteiger partial charge < -0.3 is 5.32 Å². The van der Waals surface area contributed by atoms with Crippen molar-refractivity contribution < 1.29 is 1.37 Å². The number of hydrogen-bond acceptors (Lipinski definition) is 1. The summed E-state index contributed by atoms with van der Waals surface area (Å²) in [4.78, 5) is 0. The zero-order valence-electron chi connectivity index (χ0n) is 7.53. The highest BCUT2D eigenvalue weighted by molar-refractivity contribution is 4.77. The summed E-state index contributed by atoms with van der Waals surface area (Å²) in [7, 11) is 0. The van der Waals surface area contributed by atoms with Crippen molar-refractivity contribution in [3.63, 3.8) is 0 Å². The molecule has 0 radical (unpaired) electrons. The van der Waals surface area contributed by atoms with Crippen LogP contribution in [0.3, 0.4) is 0 Å². The monoisotopic (exact) mass is 140 g/mol. The van der Waals surface area contributed by atoms with Gasteiger partial charge >= 0.3 is 0 Å². The van der Waals surface area contributed by atoms with E-state index in [1.54, 1.807) is 0 Å². The maximum absolute atomic E-state index is 7.14. The Morgan fingerprint density at radius 2 is 2.20 bits per heavy atom. The molecule has 1 aliphatic carbocycles. The Kier molecular flexibility index (Phi) is 2.89. The topological polar surface area (TPSA) is 12.0 Å². The lowest BCUT2D eigenvalue weighted by atomic mass is 9.96. The van der Waals surface area contributed by atoms with Crippen molar-refractivity contribution in [3.8, 4) is 0 Å². The van der Waals surface area contributed by atoms with Gasteiger partial charge in [-0.2, -0.15) is 0 Å². The average molecular weight is 140 g/mol. The largest absolute Gasteiger partial charge is 0.311 e. The molecule has 0 spiro atoms. The first-order chi connectivity index (χ1) is 5.29. The molecule has 0 aromatic rings. The van der Waals surface area contributed by atoms with E-state index in [0.29, 0.717) is 18.6 Å². The Morgan fingerprint density at radius 3 is 2.80 bits per heavy atom. The fraction of sp³-hybridized carbons (Fsp3) is 0.778. The molecule has 0 aromatic heterocycles. The summed E-state index contributed by atoms with van der Waals surface area (Å²) in [5.74, 6) is 0. The van der Waals surface area contributed by atoms with Crippen LogP contribution in [0.2, 0.25) is 0 Å². The first-order valence-corrected chi connectivity index (χ1v) is 4.17. The van der Waals surface area contributed by atoms with Crippen molar-refractivity contribution in [2.75, 3.05) is 6.54 Å². The van der Waals surface area contributed by atoms with Gasteiger partial charge in [-0.3, -0.25) is 0 Å². The van der Waals surface area contributed by atoms with E-state index in [1.807, 2.05) is 0 Å². The average Bonchev–Trinajstić information content (AvgIpc) is 2.03. The molecule has 0 saturated heterocycles. The minimum absolute atomic E-state index is 0.496. The third kappa shape index (κ3) is 2.53. The van der Waals surface area contributed by atoms with Gasteiger partial charge in [0.2, 0.25) is 0 Å². The van der Waals surface area contributed by atoms with Crippen LogP contribution in [0.1, 0.15) is 33.5 Å². The Morgan fingerprint density at radius 1 is 1.50 bits per heavy atom. The molecule has 1 fully saturated rings. The summed E-state index contributed by atoms with van der Waals surface area (Å²) in [6.45, 7) is 4.21. The van der Waals surface area contributed by atoms with Gasteiger partial charge in [-0.05, 0) is 12.8 Å². The third-order valence-electron chi connectivity index (χ3n) is 2.12. The van der Waals surface area contributed by atoms with E-state index in [2.05, 4.69) is 11.9 Å². The van der Waals surface area contributed by atoms with Gasteiger partial charge in [0.15, 0.2) is 0 Å². The van der Waals surface area contributed by atoms with Crippen molar-refractivity contribution in [3.05, 3.63) is 12.6 Å². The molecule has 10 heavy (non-hydrogen) atoms. The molecule has 0 atom stereocenters. The molecular weight excluding hydrogens is 122 g/mol. The van der Waals surface area contributed by atoms with Crippen molar-refractivity contribution >= 4 is 0 Å². The summed E-state index contributed by atoms with van der Waals surface area (Å²) in [6, 6.07) is 1.15. The first-order valence-electron chi connectivity index (χ1n) is 4.67. The van der Waals surface area contributed by atoms with Crippen molar-refractivity contribution in [1.29, 1.82) is 0 Å². The maximum atomic E-state index is 7.14. The molecule has 0 heterocycles. The normalized spacial score (nSPS) is 22.2. The second kappa shape index (κ2) is 4.51. The van der Waals surface area contributed by atoms with Crippen LogP contribution in [-0.4, -0.2) is 12.6 Å². The molecule has 0 amide bonds. The summed E-state index contributed by atoms with van der Waals surface area (Å²) >= 11 is 0. The molecule has 1 nitrogen and oxygen atoms in total. The van der Waals surface area contributed by atoms with Gasteiger partial charge in [-0.15, -0.1) is 6.58 Å². The van der Waals surface area contributed by atoms with E-state index >= 15 is 0 Å². The van der Waals surface area contributed by atoms with Gasteiger partial charge in [0.25, 0.3) is 0 Å². The lowest BCUT2D eigenvalue weighted by Gasteiger charge is -2.21. The molecule has 0 aromatic carbocycles. The van der Waals surface area contributed by atoms with Crippen LogP contribution in [0, 0.1) is 0 Å². The van der Waals surface area contributed by atoms with Gasteiger partial charge in [-0.25, -0.2) is 0 Å². The lowest BCUT2D eigenvalue weighted by molar-refractivity contribution is 0.385. The van der Waals surface area contributed by atoms with Crippen LogP contribution in [0.15, 0.2) is 12.6 Å². The van der Waals surface area contributed by atoms with E-state index < -0.39 is 0 Å². The molecule has 0 bridgehead atoms. The van der Waals surface area contributed by atoms with Crippen molar-refractivity contribution in [2.45, 2.75) is 38.1 Å². The van der Waals surface area contributed by atoms with E-state index in [4.69, 9.17) is 1.37 Å². The van der Waals surface area contributed by atoms with Gasteiger partial charge in [-0.1, -0.05) is 25.3 Å². The number of hydrogen-bond donors (Lipinski definition) is 1. The van der Waals surface area contributed by atoms with Crippen LogP contribution in [0.4, 0.5) is 0 Å². The lowest BCUT2D eigenvalue weighted by Crippen LogP contribution is -2.30. The van der Waals surface area contributed by atoms with E-state index in [1.165, 1.54) is 32.1 Å². The maximum Gasteiger partial charge on any atom is 0.0583 e. The number of rotatable bonds is 3.